The SMILES string of the molecule is CC1(C)CC(OC(=O)C(CC(=O)OC2CC(C)(C)N(O)C(C)(C)C2)C(=O)OC2CC(C)(C)N(S)C(C)(C)C2)CC(C)(C)N1. The number of hydrogen-bond acceptors (Lipinski definition) is 11. The summed E-state index contributed by atoms with van der Waals surface area (Å²) in [6.07, 6.45) is 1.16. The highest BCUT2D eigenvalue weighted by molar-refractivity contribution is 7.77. The highest BCUT2D eigenvalue weighted by Crippen LogP contribution is 2.42. The predicted octanol–water partition coefficient (Wildman–Crippen LogP) is 5.21. The number of hydroxylamine groups is 2. The number of esters is 3. The number of ether oxygens (including phenoxy) is 3. The molecule has 3 aliphatic heterocycles. The van der Waals surface area contributed by atoms with Crippen LogP contribution in [0.1, 0.15) is 128 Å². The number of piperidine rings is 3. The Labute approximate surface area is 264 Å². The maximum Gasteiger partial charge on any atom is 0.321 e. The summed E-state index contributed by atoms with van der Waals surface area (Å²) >= 11 is 4.70. The fourth-order valence-electron chi connectivity index (χ4n) is 7.99. The van der Waals surface area contributed by atoms with Crippen LogP contribution >= 0.6 is 12.8 Å². The second-order valence-electron chi connectivity index (χ2n) is 17.0. The first-order valence-corrected chi connectivity index (χ1v) is 16.0. The van der Waals surface area contributed by atoms with Crippen molar-refractivity contribution >= 4 is 30.7 Å². The van der Waals surface area contributed by atoms with E-state index in [1.165, 1.54) is 5.06 Å². The fourth-order valence-corrected chi connectivity index (χ4v) is 8.16. The highest BCUT2D eigenvalue weighted by Gasteiger charge is 2.49. The van der Waals surface area contributed by atoms with Gasteiger partial charge in [0, 0.05) is 71.8 Å². The summed E-state index contributed by atoms with van der Waals surface area (Å²) < 4.78 is 19.8. The molecular formula is C32H57N3O7S. The van der Waals surface area contributed by atoms with Gasteiger partial charge in [0.05, 0.1) is 6.42 Å². The standard InChI is InChI=1S/C32H57N3O7S/c1-27(2)14-20(15-28(3,4)33-27)41-25(37)23(26(38)42-22-18-31(9,10)35(43)32(11,12)19-22)13-24(36)40-21-16-29(5,6)34(39)30(7,8)17-21/h20-23,33,39,43H,13-19H2,1-12H3. The van der Waals surface area contributed by atoms with Crippen molar-refractivity contribution < 1.29 is 33.8 Å². The Balaban J connectivity index is 1.79. The molecule has 0 amide bonds. The van der Waals surface area contributed by atoms with Crippen LogP contribution in [-0.4, -0.2) is 84.0 Å². The lowest BCUT2D eigenvalue weighted by atomic mass is 9.80. The molecule has 0 saturated carbocycles. The number of thiol groups is 1. The molecule has 0 radical (unpaired) electrons. The van der Waals surface area contributed by atoms with Gasteiger partial charge in [-0.15, -0.1) is 0 Å². The summed E-state index contributed by atoms with van der Waals surface area (Å²) in [5.74, 6) is -3.66. The second-order valence-corrected chi connectivity index (χ2v) is 17.4. The van der Waals surface area contributed by atoms with Crippen LogP contribution in [0.2, 0.25) is 0 Å². The number of hydrogen-bond donors (Lipinski definition) is 3. The van der Waals surface area contributed by atoms with Crippen LogP contribution in [-0.2, 0) is 28.6 Å². The lowest BCUT2D eigenvalue weighted by Crippen LogP contribution is -2.60. The van der Waals surface area contributed by atoms with Gasteiger partial charge in [-0.25, -0.2) is 4.31 Å². The molecule has 43 heavy (non-hydrogen) atoms. The van der Waals surface area contributed by atoms with Gasteiger partial charge in [-0.05, 0) is 83.1 Å². The Kier molecular flexibility index (Phi) is 10.1. The molecule has 3 aliphatic rings. The van der Waals surface area contributed by atoms with Crippen molar-refractivity contribution in [3.63, 3.8) is 0 Å². The van der Waals surface area contributed by atoms with Crippen molar-refractivity contribution in [2.45, 2.75) is 180 Å². The molecule has 1 atom stereocenters. The minimum Gasteiger partial charge on any atom is -0.462 e. The third kappa shape index (κ3) is 8.87. The van der Waals surface area contributed by atoms with E-state index in [1.54, 1.807) is 0 Å². The minimum atomic E-state index is -1.45. The molecule has 0 aromatic heterocycles. The number of carbonyl (C=O) groups is 3. The molecule has 2 N–H and O–H groups in total. The second kappa shape index (κ2) is 12.1. The normalized spacial score (nSPS) is 28.0. The number of nitrogens with one attached hydrogen (secondary N) is 1. The van der Waals surface area contributed by atoms with Gasteiger partial charge in [0.2, 0.25) is 0 Å². The summed E-state index contributed by atoms with van der Waals surface area (Å²) in [5.41, 5.74) is -2.53. The zero-order valence-electron chi connectivity index (χ0n) is 28.5. The lowest BCUT2D eigenvalue weighted by Gasteiger charge is -2.52. The van der Waals surface area contributed by atoms with Gasteiger partial charge in [0.15, 0.2) is 5.92 Å². The molecule has 3 fully saturated rings. The Morgan fingerprint density at radius 2 is 1.02 bits per heavy atom. The van der Waals surface area contributed by atoms with E-state index in [4.69, 9.17) is 27.0 Å². The molecule has 3 saturated heterocycles. The molecular weight excluding hydrogens is 570 g/mol. The van der Waals surface area contributed by atoms with Crippen LogP contribution in [0.4, 0.5) is 0 Å². The molecule has 248 valence electrons. The van der Waals surface area contributed by atoms with Crippen molar-refractivity contribution in [3.05, 3.63) is 0 Å². The molecule has 0 aromatic carbocycles. The lowest BCUT2D eigenvalue weighted by molar-refractivity contribution is -0.259. The highest BCUT2D eigenvalue weighted by atomic mass is 32.1. The monoisotopic (exact) mass is 627 g/mol. The van der Waals surface area contributed by atoms with Crippen molar-refractivity contribution in [1.29, 1.82) is 0 Å². The van der Waals surface area contributed by atoms with E-state index in [2.05, 4.69) is 33.0 Å². The zero-order valence-corrected chi connectivity index (χ0v) is 29.4. The molecule has 0 bridgehead atoms. The van der Waals surface area contributed by atoms with Gasteiger partial charge < -0.3 is 24.7 Å². The molecule has 0 spiro atoms. The molecule has 11 heteroatoms. The number of nitrogens with zero attached hydrogens (tertiary/aromatic N) is 2. The Hall–Kier alpha value is -1.40. The van der Waals surface area contributed by atoms with E-state index >= 15 is 0 Å². The molecule has 1 unspecified atom stereocenters. The summed E-state index contributed by atoms with van der Waals surface area (Å²) in [4.78, 5) is 40.7. The first kappa shape index (κ1) is 36.1. The summed E-state index contributed by atoms with van der Waals surface area (Å²) in [5, 5.41) is 15.5. The first-order chi connectivity index (χ1) is 19.3. The molecule has 10 nitrogen and oxygen atoms in total. The summed E-state index contributed by atoms with van der Waals surface area (Å²) in [6.45, 7) is 23.9. The maximum atomic E-state index is 13.7. The van der Waals surface area contributed by atoms with Crippen molar-refractivity contribution in [3.8, 4) is 0 Å². The minimum absolute atomic E-state index is 0.277. The van der Waals surface area contributed by atoms with Gasteiger partial charge in [-0.2, -0.15) is 5.06 Å². The predicted molar refractivity (Wildman–Crippen MR) is 168 cm³/mol. The summed E-state index contributed by atoms with van der Waals surface area (Å²) in [6, 6.07) is 0. The van der Waals surface area contributed by atoms with Crippen LogP contribution in [0.25, 0.3) is 0 Å². The van der Waals surface area contributed by atoms with E-state index in [0.29, 0.717) is 38.5 Å². The van der Waals surface area contributed by atoms with Gasteiger partial charge in [0.25, 0.3) is 0 Å². The topological polar surface area (TPSA) is 118 Å². The number of rotatable bonds is 7. The first-order valence-electron chi connectivity index (χ1n) is 15.6. The van der Waals surface area contributed by atoms with Gasteiger partial charge in [-0.3, -0.25) is 14.4 Å². The van der Waals surface area contributed by atoms with Crippen molar-refractivity contribution in [2.75, 3.05) is 0 Å². The van der Waals surface area contributed by atoms with Crippen LogP contribution in [0.3, 0.4) is 0 Å². The van der Waals surface area contributed by atoms with Crippen molar-refractivity contribution in [1.82, 2.24) is 14.7 Å². The molecule has 0 aliphatic carbocycles. The zero-order chi connectivity index (χ0) is 33.0. The van der Waals surface area contributed by atoms with Gasteiger partial charge in [0.1, 0.15) is 18.3 Å². The molecule has 0 aromatic rings. The Morgan fingerprint density at radius 3 is 1.44 bits per heavy atom. The Bertz CT molecular complexity index is 1020. The largest absolute Gasteiger partial charge is 0.462 e. The van der Waals surface area contributed by atoms with Crippen molar-refractivity contribution in [2.24, 2.45) is 5.92 Å². The van der Waals surface area contributed by atoms with Crippen LogP contribution in [0.5, 0.6) is 0 Å². The third-order valence-corrected chi connectivity index (χ3v) is 10.2. The smallest absolute Gasteiger partial charge is 0.321 e. The van der Waals surface area contributed by atoms with Gasteiger partial charge in [-0.1, -0.05) is 12.8 Å². The molecule has 3 rings (SSSR count). The van der Waals surface area contributed by atoms with Crippen LogP contribution in [0.15, 0.2) is 0 Å². The van der Waals surface area contributed by atoms with Gasteiger partial charge >= 0.3 is 17.9 Å². The average molecular weight is 628 g/mol. The van der Waals surface area contributed by atoms with Crippen LogP contribution in [0, 0.1) is 5.92 Å². The van der Waals surface area contributed by atoms with E-state index < -0.39 is 59.6 Å². The van der Waals surface area contributed by atoms with E-state index in [-0.39, 0.29) is 22.2 Å². The Morgan fingerprint density at radius 1 is 0.674 bits per heavy atom. The number of carbonyl (C=O) groups excluding carboxylic acids is 3. The summed E-state index contributed by atoms with van der Waals surface area (Å²) in [7, 11) is 0. The average Bonchev–Trinajstić information content (AvgIpc) is 2.76. The maximum absolute atomic E-state index is 13.7. The van der Waals surface area contributed by atoms with Crippen LogP contribution < -0.4 is 5.32 Å². The van der Waals surface area contributed by atoms with E-state index in [9.17, 15) is 19.6 Å². The van der Waals surface area contributed by atoms with E-state index in [0.717, 1.165) is 0 Å². The molecule has 3 heterocycles. The fraction of sp³-hybridized carbons (Fsp3) is 0.906. The third-order valence-electron chi connectivity index (χ3n) is 9.16. The quantitative estimate of drug-likeness (QED) is 0.150. The van der Waals surface area contributed by atoms with E-state index in [1.807, 2.05) is 59.7 Å².